The van der Waals surface area contributed by atoms with Gasteiger partial charge in [0, 0.05) is 37.1 Å². The summed E-state index contributed by atoms with van der Waals surface area (Å²) in [5, 5.41) is 8.61. The highest BCUT2D eigenvalue weighted by Crippen LogP contribution is 2.37. The predicted molar refractivity (Wildman–Crippen MR) is 94.6 cm³/mol. The quantitative estimate of drug-likeness (QED) is 0.886. The zero-order valence-corrected chi connectivity index (χ0v) is 15.2. The number of aromatic nitrogens is 1. The van der Waals surface area contributed by atoms with Crippen LogP contribution in [0.15, 0.2) is 28.2 Å². The Kier molecular flexibility index (Phi) is 4.62. The van der Waals surface area contributed by atoms with Gasteiger partial charge in [0.25, 0.3) is 5.91 Å². The van der Waals surface area contributed by atoms with Crippen LogP contribution in [0.3, 0.4) is 0 Å². The van der Waals surface area contributed by atoms with Gasteiger partial charge in [-0.2, -0.15) is 0 Å². The molecule has 2 aromatic heterocycles. The van der Waals surface area contributed by atoms with E-state index in [1.165, 1.54) is 16.6 Å². The number of nitrogens with one attached hydrogen (secondary N) is 1. The third-order valence-electron chi connectivity index (χ3n) is 5.21. The minimum Gasteiger partial charge on any atom is -0.372 e. The summed E-state index contributed by atoms with van der Waals surface area (Å²) >= 11 is 1.84. The molecule has 6 nitrogen and oxygen atoms in total. The number of thiophene rings is 1. The monoisotopic (exact) mass is 361 g/mol. The first-order valence-electron chi connectivity index (χ1n) is 8.72. The molecule has 1 amide bonds. The van der Waals surface area contributed by atoms with Crippen LogP contribution in [0.25, 0.3) is 0 Å². The highest BCUT2D eigenvalue weighted by Gasteiger charge is 2.46. The van der Waals surface area contributed by atoms with Crippen LogP contribution in [0.2, 0.25) is 0 Å². The van der Waals surface area contributed by atoms with Gasteiger partial charge in [0.15, 0.2) is 0 Å². The summed E-state index contributed by atoms with van der Waals surface area (Å²) in [6.07, 6.45) is 3.63. The Morgan fingerprint density at radius 1 is 1.48 bits per heavy atom. The molecule has 2 aromatic rings. The van der Waals surface area contributed by atoms with Crippen molar-refractivity contribution in [3.05, 3.63) is 39.9 Å². The molecular formula is C18H23N3O3S. The molecule has 134 valence electrons. The highest BCUT2D eigenvalue weighted by atomic mass is 32.1. The molecule has 4 heterocycles. The first-order valence-corrected chi connectivity index (χ1v) is 9.60. The zero-order chi connectivity index (χ0) is 17.3. The molecule has 1 atom stereocenters. The van der Waals surface area contributed by atoms with Crippen molar-refractivity contribution in [1.29, 1.82) is 0 Å². The SMILES string of the molecule is Cc1ccsc1CN1CC2(CC[C@@H](CNC(=O)c3ccno3)CO2)C1. The van der Waals surface area contributed by atoms with E-state index >= 15 is 0 Å². The second kappa shape index (κ2) is 6.90. The summed E-state index contributed by atoms with van der Waals surface area (Å²) < 4.78 is 11.1. The van der Waals surface area contributed by atoms with Crippen molar-refractivity contribution in [2.24, 2.45) is 5.92 Å². The summed E-state index contributed by atoms with van der Waals surface area (Å²) in [5.41, 5.74) is 1.43. The summed E-state index contributed by atoms with van der Waals surface area (Å²) in [5.74, 6) is 0.414. The van der Waals surface area contributed by atoms with E-state index in [-0.39, 0.29) is 17.3 Å². The van der Waals surface area contributed by atoms with Gasteiger partial charge in [-0.05, 0) is 42.7 Å². The molecule has 0 unspecified atom stereocenters. The molecule has 1 spiro atoms. The Morgan fingerprint density at radius 2 is 2.36 bits per heavy atom. The average Bonchev–Trinajstić information content (AvgIpc) is 3.25. The first-order chi connectivity index (χ1) is 12.1. The van der Waals surface area contributed by atoms with E-state index in [2.05, 4.69) is 33.7 Å². The van der Waals surface area contributed by atoms with Gasteiger partial charge in [0.2, 0.25) is 5.76 Å². The van der Waals surface area contributed by atoms with Gasteiger partial charge in [-0.3, -0.25) is 9.69 Å². The minimum absolute atomic E-state index is 0.0383. The van der Waals surface area contributed by atoms with Gasteiger partial charge >= 0.3 is 0 Å². The largest absolute Gasteiger partial charge is 0.372 e. The zero-order valence-electron chi connectivity index (χ0n) is 14.4. The van der Waals surface area contributed by atoms with E-state index in [0.717, 1.165) is 32.5 Å². The molecule has 0 aromatic carbocycles. The first kappa shape index (κ1) is 16.8. The molecule has 0 radical (unpaired) electrons. The van der Waals surface area contributed by atoms with Crippen molar-refractivity contribution < 1.29 is 14.1 Å². The lowest BCUT2D eigenvalue weighted by molar-refractivity contribution is -0.181. The molecule has 1 N–H and O–H groups in total. The summed E-state index contributed by atoms with van der Waals surface area (Å²) in [6.45, 7) is 6.57. The van der Waals surface area contributed by atoms with E-state index in [1.807, 2.05) is 11.3 Å². The molecule has 2 aliphatic heterocycles. The van der Waals surface area contributed by atoms with E-state index in [9.17, 15) is 4.79 Å². The fourth-order valence-electron chi connectivity index (χ4n) is 3.63. The second-order valence-electron chi connectivity index (χ2n) is 7.16. The van der Waals surface area contributed by atoms with Gasteiger partial charge in [-0.15, -0.1) is 11.3 Å². The van der Waals surface area contributed by atoms with Crippen molar-refractivity contribution in [3.8, 4) is 0 Å². The van der Waals surface area contributed by atoms with Gasteiger partial charge < -0.3 is 14.6 Å². The molecule has 0 bridgehead atoms. The third kappa shape index (κ3) is 3.63. The van der Waals surface area contributed by atoms with Crippen molar-refractivity contribution in [1.82, 2.24) is 15.4 Å². The summed E-state index contributed by atoms with van der Waals surface area (Å²) in [7, 11) is 0. The van der Waals surface area contributed by atoms with Crippen molar-refractivity contribution in [2.75, 3.05) is 26.2 Å². The Morgan fingerprint density at radius 3 is 3.00 bits per heavy atom. The van der Waals surface area contributed by atoms with E-state index in [0.29, 0.717) is 19.1 Å². The number of hydrogen-bond donors (Lipinski definition) is 1. The molecule has 4 rings (SSSR count). The van der Waals surface area contributed by atoms with Crippen molar-refractivity contribution in [3.63, 3.8) is 0 Å². The lowest BCUT2D eigenvalue weighted by atomic mass is 9.83. The number of carbonyl (C=O) groups excluding carboxylic acids is 1. The van der Waals surface area contributed by atoms with Gasteiger partial charge in [-0.1, -0.05) is 5.16 Å². The third-order valence-corrected chi connectivity index (χ3v) is 6.21. The van der Waals surface area contributed by atoms with Gasteiger partial charge in [-0.25, -0.2) is 0 Å². The molecule has 2 saturated heterocycles. The second-order valence-corrected chi connectivity index (χ2v) is 8.16. The number of rotatable bonds is 5. The van der Waals surface area contributed by atoms with Crippen LogP contribution in [0.1, 0.15) is 33.8 Å². The van der Waals surface area contributed by atoms with Crippen LogP contribution < -0.4 is 5.32 Å². The Hall–Kier alpha value is -1.70. The number of hydrogen-bond acceptors (Lipinski definition) is 6. The number of ether oxygens (including phenoxy) is 1. The number of aryl methyl sites for hydroxylation is 1. The van der Waals surface area contributed by atoms with E-state index in [1.54, 1.807) is 6.07 Å². The lowest BCUT2D eigenvalue weighted by Crippen LogP contribution is -2.64. The maximum absolute atomic E-state index is 11.9. The van der Waals surface area contributed by atoms with Crippen LogP contribution in [-0.2, 0) is 11.3 Å². The number of amides is 1. The number of nitrogens with zero attached hydrogens (tertiary/aromatic N) is 2. The van der Waals surface area contributed by atoms with Crippen molar-refractivity contribution >= 4 is 17.2 Å². The standard InChI is InChI=1S/C18H23N3O3S/c1-13-4-7-25-16(13)9-21-11-18(12-21)5-2-14(10-23-18)8-19-17(22)15-3-6-20-24-15/h3-4,6-7,14H,2,5,8-12H2,1H3,(H,19,22)/t14-/m0/s1. The van der Waals surface area contributed by atoms with Crippen LogP contribution in [-0.4, -0.2) is 47.8 Å². The van der Waals surface area contributed by atoms with Crippen LogP contribution in [0.4, 0.5) is 0 Å². The maximum Gasteiger partial charge on any atom is 0.289 e. The maximum atomic E-state index is 11.9. The van der Waals surface area contributed by atoms with Crippen LogP contribution in [0, 0.1) is 12.8 Å². The smallest absolute Gasteiger partial charge is 0.289 e. The fraction of sp³-hybridized carbons (Fsp3) is 0.556. The normalized spacial score (nSPS) is 22.7. The highest BCUT2D eigenvalue weighted by molar-refractivity contribution is 7.10. The Balaban J connectivity index is 1.19. The molecular weight excluding hydrogens is 338 g/mol. The van der Waals surface area contributed by atoms with Gasteiger partial charge in [0.1, 0.15) is 0 Å². The number of carbonyl (C=O) groups is 1. The van der Waals surface area contributed by atoms with Crippen LogP contribution in [0.5, 0.6) is 0 Å². The van der Waals surface area contributed by atoms with Gasteiger partial charge in [0.05, 0.1) is 18.4 Å². The van der Waals surface area contributed by atoms with E-state index in [4.69, 9.17) is 9.26 Å². The molecule has 2 fully saturated rings. The van der Waals surface area contributed by atoms with Crippen molar-refractivity contribution in [2.45, 2.75) is 31.9 Å². The average molecular weight is 361 g/mol. The number of likely N-dealkylation sites (tertiary alicyclic amines) is 1. The lowest BCUT2D eigenvalue weighted by Gasteiger charge is -2.53. The summed E-state index contributed by atoms with van der Waals surface area (Å²) in [4.78, 5) is 15.8. The predicted octanol–water partition coefficient (Wildman–Crippen LogP) is 2.46. The molecule has 7 heteroatoms. The Bertz CT molecular complexity index is 712. The molecule has 2 aliphatic rings. The minimum atomic E-state index is -0.209. The molecule has 25 heavy (non-hydrogen) atoms. The molecule has 0 saturated carbocycles. The summed E-state index contributed by atoms with van der Waals surface area (Å²) in [6, 6.07) is 3.75. The topological polar surface area (TPSA) is 67.6 Å². The van der Waals surface area contributed by atoms with E-state index < -0.39 is 0 Å². The fourth-order valence-corrected chi connectivity index (χ4v) is 4.58. The van der Waals surface area contributed by atoms with Crippen LogP contribution >= 0.6 is 11.3 Å². The Labute approximate surface area is 151 Å². The molecule has 0 aliphatic carbocycles.